The number of fused-ring (bicyclic) bond motifs is 1. The molecule has 1 aromatic rings. The van der Waals surface area contributed by atoms with Crippen LogP contribution < -0.4 is 15.4 Å². The highest BCUT2D eigenvalue weighted by atomic mass is 16.5. The second kappa shape index (κ2) is 7.42. The van der Waals surface area contributed by atoms with Gasteiger partial charge in [0.1, 0.15) is 12.4 Å². The first-order valence-corrected chi connectivity index (χ1v) is 7.94. The van der Waals surface area contributed by atoms with Crippen LogP contribution in [-0.2, 0) is 9.59 Å². The summed E-state index contributed by atoms with van der Waals surface area (Å²) in [6.45, 7) is 0.231. The minimum Gasteiger partial charge on any atom is -0.489 e. The molecule has 1 aromatic carbocycles. The lowest BCUT2D eigenvalue weighted by Crippen LogP contribution is -2.45. The van der Waals surface area contributed by atoms with Crippen LogP contribution in [0.25, 0.3) is 0 Å². The number of ether oxygens (including phenoxy) is 1. The molecule has 2 rings (SSSR count). The molecular weight excluding hydrogens is 324 g/mol. The Morgan fingerprint density at radius 3 is 2.56 bits per heavy atom. The quantitative estimate of drug-likeness (QED) is 0.803. The van der Waals surface area contributed by atoms with E-state index in [1.54, 1.807) is 39.3 Å². The van der Waals surface area contributed by atoms with E-state index in [2.05, 4.69) is 0 Å². The summed E-state index contributed by atoms with van der Waals surface area (Å²) in [5.41, 5.74) is 6.43. The molecule has 0 spiro atoms. The third-order valence-corrected chi connectivity index (χ3v) is 4.20. The number of nitrogens with zero attached hydrogens (tertiary/aromatic N) is 3. The van der Waals surface area contributed by atoms with Gasteiger partial charge in [0.05, 0.1) is 24.7 Å². The average Bonchev–Trinajstić information content (AvgIpc) is 2.55. The van der Waals surface area contributed by atoms with Crippen molar-refractivity contribution >= 4 is 23.4 Å². The van der Waals surface area contributed by atoms with Gasteiger partial charge in [-0.3, -0.25) is 14.4 Å². The Bertz CT molecular complexity index is 689. The van der Waals surface area contributed by atoms with Crippen LogP contribution >= 0.6 is 0 Å². The molecule has 1 heterocycles. The minimum atomic E-state index is -0.554. The molecule has 8 nitrogen and oxygen atoms in total. The van der Waals surface area contributed by atoms with Crippen molar-refractivity contribution in [3.05, 3.63) is 23.8 Å². The van der Waals surface area contributed by atoms with Gasteiger partial charge in [0.15, 0.2) is 0 Å². The average molecular weight is 348 g/mol. The topological polar surface area (TPSA) is 96.2 Å². The molecule has 1 atom stereocenters. The lowest BCUT2D eigenvalue weighted by atomic mass is 10.1. The predicted octanol–water partition coefficient (Wildman–Crippen LogP) is -0.0806. The number of likely N-dealkylation sites (N-methyl/N-ethyl adjacent to an activating group) is 2. The van der Waals surface area contributed by atoms with Crippen molar-refractivity contribution in [1.29, 1.82) is 0 Å². The third kappa shape index (κ3) is 4.20. The van der Waals surface area contributed by atoms with Gasteiger partial charge >= 0.3 is 0 Å². The summed E-state index contributed by atoms with van der Waals surface area (Å²) in [4.78, 5) is 40.1. The smallest absolute Gasteiger partial charge is 0.253 e. The largest absolute Gasteiger partial charge is 0.489 e. The van der Waals surface area contributed by atoms with Crippen LogP contribution in [0.1, 0.15) is 16.8 Å². The maximum atomic E-state index is 12.2. The van der Waals surface area contributed by atoms with Gasteiger partial charge < -0.3 is 25.2 Å². The number of rotatable bonds is 5. The van der Waals surface area contributed by atoms with Crippen LogP contribution in [0.5, 0.6) is 5.75 Å². The fourth-order valence-electron chi connectivity index (χ4n) is 2.68. The van der Waals surface area contributed by atoms with Gasteiger partial charge in [-0.2, -0.15) is 0 Å². The number of nitrogens with two attached hydrogens (primary N) is 1. The Morgan fingerprint density at radius 1 is 1.28 bits per heavy atom. The van der Waals surface area contributed by atoms with E-state index in [0.29, 0.717) is 17.9 Å². The molecule has 0 unspecified atom stereocenters. The molecular formula is C17H24N4O4. The predicted molar refractivity (Wildman–Crippen MR) is 93.6 cm³/mol. The first-order chi connectivity index (χ1) is 11.7. The Balaban J connectivity index is 2.15. The van der Waals surface area contributed by atoms with Crippen LogP contribution in [-0.4, -0.2) is 74.9 Å². The summed E-state index contributed by atoms with van der Waals surface area (Å²) in [5, 5.41) is 0. The maximum absolute atomic E-state index is 12.2. The fourth-order valence-corrected chi connectivity index (χ4v) is 2.68. The monoisotopic (exact) mass is 348 g/mol. The Hall–Kier alpha value is -2.77. The van der Waals surface area contributed by atoms with E-state index >= 15 is 0 Å². The number of carbonyl (C=O) groups is 3. The lowest BCUT2D eigenvalue weighted by Gasteiger charge is -2.36. The van der Waals surface area contributed by atoms with Crippen LogP contribution in [0.4, 0.5) is 5.69 Å². The van der Waals surface area contributed by atoms with E-state index in [1.807, 2.05) is 11.9 Å². The molecule has 0 saturated carbocycles. The highest BCUT2D eigenvalue weighted by molar-refractivity contribution is 5.95. The van der Waals surface area contributed by atoms with Gasteiger partial charge in [-0.15, -0.1) is 0 Å². The molecule has 8 heteroatoms. The Labute approximate surface area is 147 Å². The fraction of sp³-hybridized carbons (Fsp3) is 0.471. The lowest BCUT2D eigenvalue weighted by molar-refractivity contribution is -0.134. The first kappa shape index (κ1) is 18.6. The minimum absolute atomic E-state index is 0.101. The normalized spacial score (nSPS) is 15.8. The summed E-state index contributed by atoms with van der Waals surface area (Å²) < 4.78 is 5.73. The van der Waals surface area contributed by atoms with Gasteiger partial charge in [0, 0.05) is 33.8 Å². The zero-order valence-electron chi connectivity index (χ0n) is 15.0. The molecule has 0 saturated heterocycles. The first-order valence-electron chi connectivity index (χ1n) is 7.94. The Morgan fingerprint density at radius 2 is 1.96 bits per heavy atom. The van der Waals surface area contributed by atoms with Crippen LogP contribution in [0, 0.1) is 0 Å². The summed E-state index contributed by atoms with van der Waals surface area (Å²) >= 11 is 0. The van der Waals surface area contributed by atoms with Gasteiger partial charge in [-0.1, -0.05) is 0 Å². The number of carbonyl (C=O) groups excluding carboxylic acids is 3. The van der Waals surface area contributed by atoms with Crippen molar-refractivity contribution in [3.8, 4) is 5.75 Å². The highest BCUT2D eigenvalue weighted by Gasteiger charge is 2.29. The molecule has 1 aliphatic rings. The second-order valence-electron chi connectivity index (χ2n) is 6.38. The summed E-state index contributed by atoms with van der Waals surface area (Å²) in [5.74, 6) is -0.174. The summed E-state index contributed by atoms with van der Waals surface area (Å²) in [6, 6.07) is 5.06. The van der Waals surface area contributed by atoms with Gasteiger partial charge in [0.25, 0.3) is 5.91 Å². The van der Waals surface area contributed by atoms with Crippen molar-refractivity contribution in [3.63, 3.8) is 0 Å². The zero-order valence-corrected chi connectivity index (χ0v) is 15.0. The molecule has 0 aromatic heterocycles. The van der Waals surface area contributed by atoms with Crippen molar-refractivity contribution < 1.29 is 19.1 Å². The summed E-state index contributed by atoms with van der Waals surface area (Å²) in [6.07, 6.45) is 0.186. The number of hydrogen-bond donors (Lipinski definition) is 1. The SMILES string of the molecule is CN(C)C(=O)c1ccc2c(c1)N(C)[C@H](CC(=O)N(C)CC(N)=O)CO2. The van der Waals surface area contributed by atoms with E-state index in [4.69, 9.17) is 10.5 Å². The van der Waals surface area contributed by atoms with Gasteiger partial charge in [0.2, 0.25) is 11.8 Å². The van der Waals surface area contributed by atoms with E-state index in [9.17, 15) is 14.4 Å². The van der Waals surface area contributed by atoms with Crippen molar-refractivity contribution in [1.82, 2.24) is 9.80 Å². The molecule has 0 aliphatic carbocycles. The number of primary amides is 1. The van der Waals surface area contributed by atoms with Crippen LogP contribution in [0.2, 0.25) is 0 Å². The summed E-state index contributed by atoms with van der Waals surface area (Å²) in [7, 11) is 6.78. The Kier molecular flexibility index (Phi) is 5.51. The highest BCUT2D eigenvalue weighted by Crippen LogP contribution is 2.34. The number of hydrogen-bond acceptors (Lipinski definition) is 5. The van der Waals surface area contributed by atoms with Crippen LogP contribution in [0.15, 0.2) is 18.2 Å². The van der Waals surface area contributed by atoms with Gasteiger partial charge in [-0.25, -0.2) is 0 Å². The zero-order chi connectivity index (χ0) is 18.7. The molecule has 0 bridgehead atoms. The van der Waals surface area contributed by atoms with Gasteiger partial charge in [-0.05, 0) is 18.2 Å². The number of anilines is 1. The molecule has 3 amide bonds. The standard InChI is InChI=1S/C17H24N4O4/c1-19(2)17(24)11-5-6-14-13(7-11)21(4)12(10-25-14)8-16(23)20(3)9-15(18)22/h5-7,12H,8-10H2,1-4H3,(H2,18,22)/t12-/m1/s1. The number of benzene rings is 1. The molecule has 0 fully saturated rings. The molecule has 0 radical (unpaired) electrons. The second-order valence-corrected chi connectivity index (χ2v) is 6.38. The number of amides is 3. The van der Waals surface area contributed by atoms with Crippen molar-refractivity contribution in [2.45, 2.75) is 12.5 Å². The molecule has 2 N–H and O–H groups in total. The maximum Gasteiger partial charge on any atom is 0.253 e. The molecule has 136 valence electrons. The molecule has 25 heavy (non-hydrogen) atoms. The van der Waals surface area contributed by atoms with E-state index in [0.717, 1.165) is 5.69 Å². The molecule has 1 aliphatic heterocycles. The van der Waals surface area contributed by atoms with Crippen molar-refractivity contribution in [2.75, 3.05) is 46.2 Å². The van der Waals surface area contributed by atoms with Crippen molar-refractivity contribution in [2.24, 2.45) is 5.73 Å². The van der Waals surface area contributed by atoms with E-state index < -0.39 is 5.91 Å². The van der Waals surface area contributed by atoms with E-state index in [1.165, 1.54) is 9.80 Å². The van der Waals surface area contributed by atoms with E-state index in [-0.39, 0.29) is 30.8 Å². The van der Waals surface area contributed by atoms with Crippen LogP contribution in [0.3, 0.4) is 0 Å². The third-order valence-electron chi connectivity index (χ3n) is 4.20.